The predicted molar refractivity (Wildman–Crippen MR) is 127 cm³/mol. The van der Waals surface area contributed by atoms with Gasteiger partial charge in [0.2, 0.25) is 5.75 Å². The van der Waals surface area contributed by atoms with E-state index >= 15 is 0 Å². The Bertz CT molecular complexity index is 984. The fraction of sp³-hybridized carbons (Fsp3) is 0.423. The van der Waals surface area contributed by atoms with E-state index < -0.39 is 5.92 Å². The molecule has 33 heavy (non-hydrogen) atoms. The highest BCUT2D eigenvalue weighted by Gasteiger charge is 2.32. The van der Waals surface area contributed by atoms with Crippen LogP contribution in [0, 0.1) is 0 Å². The summed E-state index contributed by atoms with van der Waals surface area (Å²) in [6, 6.07) is 11.5. The highest BCUT2D eigenvalue weighted by molar-refractivity contribution is 5.81. The van der Waals surface area contributed by atoms with Crippen LogP contribution in [-0.4, -0.2) is 76.7 Å². The lowest BCUT2D eigenvalue weighted by molar-refractivity contribution is -0.108. The highest BCUT2D eigenvalue weighted by Crippen LogP contribution is 2.51. The van der Waals surface area contributed by atoms with Crippen molar-refractivity contribution in [3.8, 4) is 23.0 Å². The number of likely N-dealkylation sites (N-methyl/N-ethyl adjacent to an activating group) is 1. The van der Waals surface area contributed by atoms with Crippen LogP contribution >= 0.6 is 0 Å². The molecule has 7 nitrogen and oxygen atoms in total. The molecule has 2 aliphatic heterocycles. The van der Waals surface area contributed by atoms with Crippen molar-refractivity contribution in [3.05, 3.63) is 53.6 Å². The molecule has 0 spiro atoms. The number of allylic oxidation sites excluding steroid dienone is 1. The maximum atomic E-state index is 12.0. The lowest BCUT2D eigenvalue weighted by Gasteiger charge is -2.32. The Hall–Kier alpha value is -3.03. The van der Waals surface area contributed by atoms with Crippen molar-refractivity contribution in [2.45, 2.75) is 12.3 Å². The molecule has 0 aromatic heterocycles. The van der Waals surface area contributed by atoms with Crippen molar-refractivity contribution < 1.29 is 23.7 Å². The molecule has 2 aromatic carbocycles. The van der Waals surface area contributed by atoms with E-state index in [2.05, 4.69) is 16.8 Å². The molecule has 1 unspecified atom stereocenters. The van der Waals surface area contributed by atoms with Crippen molar-refractivity contribution in [2.75, 3.05) is 60.6 Å². The minimum Gasteiger partial charge on any atom is -0.496 e. The van der Waals surface area contributed by atoms with Crippen molar-refractivity contribution in [1.82, 2.24) is 9.80 Å². The maximum absolute atomic E-state index is 12.0. The van der Waals surface area contributed by atoms with Crippen LogP contribution in [0.5, 0.6) is 23.0 Å². The molecular formula is C26H32N2O5. The van der Waals surface area contributed by atoms with Gasteiger partial charge in [-0.1, -0.05) is 30.3 Å². The Labute approximate surface area is 195 Å². The van der Waals surface area contributed by atoms with Gasteiger partial charge in [-0.05, 0) is 19.5 Å². The molecule has 7 heteroatoms. The Morgan fingerprint density at radius 3 is 2.48 bits per heavy atom. The molecule has 176 valence electrons. The summed E-state index contributed by atoms with van der Waals surface area (Å²) in [5.41, 5.74) is 1.53. The lowest BCUT2D eigenvalue weighted by atomic mass is 9.93. The van der Waals surface area contributed by atoms with Crippen LogP contribution in [0.1, 0.15) is 23.5 Å². The first-order valence-corrected chi connectivity index (χ1v) is 11.4. The molecule has 1 fully saturated rings. The molecule has 0 aliphatic carbocycles. The van der Waals surface area contributed by atoms with Gasteiger partial charge in [0.1, 0.15) is 17.8 Å². The number of carbonyl (C=O) groups is 1. The zero-order valence-electron chi connectivity index (χ0n) is 19.6. The molecule has 0 bridgehead atoms. The number of nitrogens with zero attached hydrogens (tertiary/aromatic N) is 2. The minimum absolute atomic E-state index is 0.462. The Morgan fingerprint density at radius 1 is 1.06 bits per heavy atom. The van der Waals surface area contributed by atoms with Crippen molar-refractivity contribution in [2.24, 2.45) is 0 Å². The summed E-state index contributed by atoms with van der Waals surface area (Å²) in [7, 11) is 5.32. The van der Waals surface area contributed by atoms with Crippen LogP contribution in [0.2, 0.25) is 0 Å². The van der Waals surface area contributed by atoms with Gasteiger partial charge in [-0.2, -0.15) is 0 Å². The molecule has 2 aliphatic rings. The largest absolute Gasteiger partial charge is 0.496 e. The second-order valence-corrected chi connectivity index (χ2v) is 8.36. The second-order valence-electron chi connectivity index (χ2n) is 8.36. The lowest BCUT2D eigenvalue weighted by Crippen LogP contribution is -2.44. The summed E-state index contributed by atoms with van der Waals surface area (Å²) in [5.74, 6) is 2.11. The summed E-state index contributed by atoms with van der Waals surface area (Å²) in [6.45, 7) is 5.91. The molecule has 1 atom stereocenters. The Kier molecular flexibility index (Phi) is 7.52. The maximum Gasteiger partial charge on any atom is 0.204 e. The predicted octanol–water partition coefficient (Wildman–Crippen LogP) is 3.44. The molecule has 0 amide bonds. The van der Waals surface area contributed by atoms with Crippen LogP contribution < -0.4 is 18.9 Å². The van der Waals surface area contributed by atoms with Crippen LogP contribution in [-0.2, 0) is 4.79 Å². The molecule has 2 aromatic rings. The van der Waals surface area contributed by atoms with E-state index in [1.54, 1.807) is 20.3 Å². The number of fused-ring (bicyclic) bond motifs is 1. The topological polar surface area (TPSA) is 60.5 Å². The highest BCUT2D eigenvalue weighted by atomic mass is 16.5. The van der Waals surface area contributed by atoms with Crippen molar-refractivity contribution >= 4 is 12.0 Å². The van der Waals surface area contributed by atoms with E-state index in [-0.39, 0.29) is 0 Å². The molecule has 1 saturated heterocycles. The first-order chi connectivity index (χ1) is 16.1. The summed E-state index contributed by atoms with van der Waals surface area (Å²) >= 11 is 0. The molecule has 0 N–H and O–H groups in total. The summed E-state index contributed by atoms with van der Waals surface area (Å²) in [6.07, 6.45) is 3.60. The van der Waals surface area contributed by atoms with Crippen LogP contribution in [0.25, 0.3) is 5.76 Å². The summed E-state index contributed by atoms with van der Waals surface area (Å²) in [5, 5.41) is 0. The molecule has 4 rings (SSSR count). The molecule has 0 radical (unpaired) electrons. The average molecular weight is 453 g/mol. The third-order valence-electron chi connectivity index (χ3n) is 6.18. The first-order valence-electron chi connectivity index (χ1n) is 11.4. The number of hydrogen-bond acceptors (Lipinski definition) is 7. The number of benzene rings is 2. The van der Waals surface area contributed by atoms with Gasteiger partial charge in [-0.25, -0.2) is 0 Å². The first kappa shape index (κ1) is 23.1. The molecule has 0 saturated carbocycles. The van der Waals surface area contributed by atoms with Gasteiger partial charge in [0.25, 0.3) is 0 Å². The van der Waals surface area contributed by atoms with Gasteiger partial charge in [0.15, 0.2) is 11.5 Å². The summed E-state index contributed by atoms with van der Waals surface area (Å²) in [4.78, 5) is 16.8. The number of rotatable bonds is 9. The number of carbonyl (C=O) groups excluding carboxylic acids is 1. The Balaban J connectivity index is 1.55. The van der Waals surface area contributed by atoms with Crippen molar-refractivity contribution in [3.63, 3.8) is 0 Å². The number of piperazine rings is 1. The second kappa shape index (κ2) is 10.7. The smallest absolute Gasteiger partial charge is 0.204 e. The summed E-state index contributed by atoms with van der Waals surface area (Å²) < 4.78 is 23.7. The van der Waals surface area contributed by atoms with Crippen molar-refractivity contribution in [1.29, 1.82) is 0 Å². The monoisotopic (exact) mass is 452 g/mol. The van der Waals surface area contributed by atoms with E-state index in [0.29, 0.717) is 40.9 Å². The molecule has 2 heterocycles. The zero-order valence-corrected chi connectivity index (χ0v) is 19.6. The van der Waals surface area contributed by atoms with Gasteiger partial charge >= 0.3 is 0 Å². The van der Waals surface area contributed by atoms with Crippen LogP contribution in [0.3, 0.4) is 0 Å². The van der Waals surface area contributed by atoms with Gasteiger partial charge in [-0.3, -0.25) is 0 Å². The van der Waals surface area contributed by atoms with Crippen LogP contribution in [0.15, 0.2) is 42.5 Å². The molecular weight excluding hydrogens is 420 g/mol. The van der Waals surface area contributed by atoms with E-state index in [9.17, 15) is 4.79 Å². The Morgan fingerprint density at radius 2 is 1.82 bits per heavy atom. The SMILES string of the molecule is COc1cc(OCCCN2CCN(C)CC2)c(OC)c2c1C(C=O)C=C(c1ccccc1)O2. The van der Waals surface area contributed by atoms with E-state index in [1.807, 2.05) is 36.4 Å². The van der Waals surface area contributed by atoms with E-state index in [4.69, 9.17) is 18.9 Å². The van der Waals surface area contributed by atoms with E-state index in [1.165, 1.54) is 0 Å². The quantitative estimate of drug-likeness (QED) is 0.427. The zero-order chi connectivity index (χ0) is 23.2. The van der Waals surface area contributed by atoms with Gasteiger partial charge < -0.3 is 33.5 Å². The fourth-order valence-corrected chi connectivity index (χ4v) is 4.29. The standard InChI is InChI=1S/C26H32N2O5/c1-27-11-13-28(14-12-27)10-7-15-32-23-17-22(30-2)24-20(18-29)16-21(19-8-5-4-6-9-19)33-26(24)25(23)31-3/h4-6,8-9,16-18,20H,7,10-15H2,1-3H3. The normalized spacial score (nSPS) is 18.6. The number of aldehydes is 1. The van der Waals surface area contributed by atoms with Gasteiger partial charge in [0, 0.05) is 44.4 Å². The fourth-order valence-electron chi connectivity index (χ4n) is 4.29. The van der Waals surface area contributed by atoms with E-state index in [0.717, 1.165) is 51.0 Å². The average Bonchev–Trinajstić information content (AvgIpc) is 2.86. The number of hydrogen-bond donors (Lipinski definition) is 0. The van der Waals surface area contributed by atoms with Crippen LogP contribution in [0.4, 0.5) is 0 Å². The van der Waals surface area contributed by atoms with Gasteiger partial charge in [-0.15, -0.1) is 0 Å². The number of methoxy groups -OCH3 is 2. The third kappa shape index (κ3) is 5.15. The third-order valence-corrected chi connectivity index (χ3v) is 6.18. The number of ether oxygens (including phenoxy) is 4. The minimum atomic E-state index is -0.515. The van der Waals surface area contributed by atoms with Gasteiger partial charge in [0.05, 0.1) is 32.3 Å².